The molecule has 1 heterocycles. The number of fused-ring (bicyclic) bond motifs is 1. The maximum absolute atomic E-state index is 12.4. The van der Waals surface area contributed by atoms with Crippen LogP contribution in [0.2, 0.25) is 0 Å². The van der Waals surface area contributed by atoms with Gasteiger partial charge in [0.05, 0.1) is 0 Å². The van der Waals surface area contributed by atoms with E-state index in [1.165, 1.54) is 48.9 Å². The Morgan fingerprint density at radius 1 is 1.14 bits per heavy atom. The van der Waals surface area contributed by atoms with Crippen LogP contribution in [0.4, 0.5) is 5.69 Å². The molecule has 1 aromatic rings. The van der Waals surface area contributed by atoms with E-state index in [-0.39, 0.29) is 11.8 Å². The van der Waals surface area contributed by atoms with Crippen molar-refractivity contribution < 1.29 is 4.79 Å². The summed E-state index contributed by atoms with van der Waals surface area (Å²) in [6.07, 6.45) is 9.48. The Kier molecular flexibility index (Phi) is 4.79. The van der Waals surface area contributed by atoms with Crippen LogP contribution in [0.25, 0.3) is 0 Å². The van der Waals surface area contributed by atoms with E-state index in [4.69, 9.17) is 0 Å². The number of benzene rings is 1. The topological polar surface area (TPSA) is 41.1 Å². The summed E-state index contributed by atoms with van der Waals surface area (Å²) in [6.45, 7) is 1.70. The summed E-state index contributed by atoms with van der Waals surface area (Å²) in [7, 11) is 0. The third-order valence-electron chi connectivity index (χ3n) is 4.84. The van der Waals surface area contributed by atoms with Gasteiger partial charge in [-0.25, -0.2) is 0 Å². The van der Waals surface area contributed by atoms with E-state index >= 15 is 0 Å². The summed E-state index contributed by atoms with van der Waals surface area (Å²) in [5, 5.41) is 6.66. The predicted octanol–water partition coefficient (Wildman–Crippen LogP) is 3.63. The van der Waals surface area contributed by atoms with Crippen molar-refractivity contribution in [1.29, 1.82) is 0 Å². The van der Waals surface area contributed by atoms with E-state index < -0.39 is 0 Å². The van der Waals surface area contributed by atoms with Gasteiger partial charge in [0.15, 0.2) is 0 Å². The number of nitrogens with one attached hydrogen (secondary N) is 2. The molecule has 1 aromatic carbocycles. The number of carbonyl (C=O) groups excluding carboxylic acids is 1. The molecule has 1 amide bonds. The van der Waals surface area contributed by atoms with Crippen molar-refractivity contribution >= 4 is 11.6 Å². The fourth-order valence-electron chi connectivity index (χ4n) is 3.60. The molecule has 2 aliphatic rings. The number of rotatable bonds is 3. The van der Waals surface area contributed by atoms with Gasteiger partial charge in [-0.05, 0) is 36.8 Å². The lowest BCUT2D eigenvalue weighted by Crippen LogP contribution is -2.30. The molecule has 3 heteroatoms. The molecule has 0 spiro atoms. The molecule has 0 saturated heterocycles. The Hall–Kier alpha value is -1.51. The van der Waals surface area contributed by atoms with Crippen molar-refractivity contribution in [1.82, 2.24) is 5.32 Å². The van der Waals surface area contributed by atoms with Crippen molar-refractivity contribution in [3.8, 4) is 0 Å². The van der Waals surface area contributed by atoms with Crippen LogP contribution in [-0.2, 0) is 17.8 Å². The molecule has 1 aliphatic carbocycles. The van der Waals surface area contributed by atoms with Gasteiger partial charge >= 0.3 is 0 Å². The molecule has 1 saturated carbocycles. The summed E-state index contributed by atoms with van der Waals surface area (Å²) in [4.78, 5) is 12.4. The third-order valence-corrected chi connectivity index (χ3v) is 4.84. The molecular weight excluding hydrogens is 260 g/mol. The summed E-state index contributed by atoms with van der Waals surface area (Å²) >= 11 is 0. The number of aryl methyl sites for hydroxylation is 1. The maximum Gasteiger partial charge on any atom is 0.223 e. The van der Waals surface area contributed by atoms with Gasteiger partial charge in [0.2, 0.25) is 5.91 Å². The van der Waals surface area contributed by atoms with E-state index in [9.17, 15) is 4.79 Å². The highest BCUT2D eigenvalue weighted by Gasteiger charge is 2.20. The van der Waals surface area contributed by atoms with Crippen LogP contribution in [0, 0.1) is 5.92 Å². The molecule has 21 heavy (non-hydrogen) atoms. The van der Waals surface area contributed by atoms with E-state index in [0.717, 1.165) is 25.8 Å². The number of para-hydroxylation sites is 1. The van der Waals surface area contributed by atoms with Crippen LogP contribution in [-0.4, -0.2) is 12.5 Å². The van der Waals surface area contributed by atoms with Crippen LogP contribution in [0.1, 0.15) is 56.1 Å². The third kappa shape index (κ3) is 3.58. The molecule has 0 aromatic heterocycles. The number of anilines is 1. The molecule has 0 unspecified atom stereocenters. The molecular formula is C18H26N2O. The van der Waals surface area contributed by atoms with Crippen molar-refractivity contribution in [2.45, 2.75) is 57.9 Å². The lowest BCUT2D eigenvalue weighted by atomic mass is 9.98. The fourth-order valence-corrected chi connectivity index (χ4v) is 3.60. The smallest absolute Gasteiger partial charge is 0.223 e. The SMILES string of the molecule is O=C(NCc1cccc2c1NCCC2)C1CCCCCC1. The molecule has 0 radical (unpaired) electrons. The maximum atomic E-state index is 12.4. The Balaban J connectivity index is 1.61. The number of hydrogen-bond donors (Lipinski definition) is 2. The minimum absolute atomic E-state index is 0.236. The Bertz CT molecular complexity index is 490. The van der Waals surface area contributed by atoms with E-state index in [1.807, 2.05) is 0 Å². The summed E-state index contributed by atoms with van der Waals surface area (Å²) in [6, 6.07) is 6.43. The van der Waals surface area contributed by atoms with Crippen molar-refractivity contribution in [3.05, 3.63) is 29.3 Å². The quantitative estimate of drug-likeness (QED) is 0.833. The Labute approximate surface area is 127 Å². The highest BCUT2D eigenvalue weighted by atomic mass is 16.1. The normalized spacial score (nSPS) is 19.2. The van der Waals surface area contributed by atoms with Crippen molar-refractivity contribution in [2.75, 3.05) is 11.9 Å². The second-order valence-electron chi connectivity index (χ2n) is 6.39. The van der Waals surface area contributed by atoms with Crippen LogP contribution >= 0.6 is 0 Å². The van der Waals surface area contributed by atoms with Gasteiger partial charge in [0, 0.05) is 24.7 Å². The average molecular weight is 286 g/mol. The standard InChI is InChI=1S/C18H26N2O/c21-18(15-7-3-1-2-4-8-15)20-13-16-10-5-9-14-11-6-12-19-17(14)16/h5,9-10,15,19H,1-4,6-8,11-13H2,(H,20,21). The minimum atomic E-state index is 0.236. The first-order valence-corrected chi connectivity index (χ1v) is 8.47. The van der Waals surface area contributed by atoms with Crippen molar-refractivity contribution in [2.24, 2.45) is 5.92 Å². The lowest BCUT2D eigenvalue weighted by molar-refractivity contribution is -0.125. The van der Waals surface area contributed by atoms with E-state index in [0.29, 0.717) is 6.54 Å². The van der Waals surface area contributed by atoms with Gasteiger partial charge in [-0.3, -0.25) is 4.79 Å². The van der Waals surface area contributed by atoms with Gasteiger partial charge in [-0.2, -0.15) is 0 Å². The zero-order valence-corrected chi connectivity index (χ0v) is 12.8. The number of carbonyl (C=O) groups is 1. The van der Waals surface area contributed by atoms with Gasteiger partial charge in [-0.15, -0.1) is 0 Å². The van der Waals surface area contributed by atoms with E-state index in [1.54, 1.807) is 0 Å². The minimum Gasteiger partial charge on any atom is -0.385 e. The molecule has 0 bridgehead atoms. The van der Waals surface area contributed by atoms with Crippen LogP contribution in [0.5, 0.6) is 0 Å². The Morgan fingerprint density at radius 3 is 2.76 bits per heavy atom. The summed E-state index contributed by atoms with van der Waals surface area (Å²) < 4.78 is 0. The zero-order chi connectivity index (χ0) is 14.5. The Morgan fingerprint density at radius 2 is 1.95 bits per heavy atom. The van der Waals surface area contributed by atoms with Crippen LogP contribution in [0.3, 0.4) is 0 Å². The molecule has 3 rings (SSSR count). The molecule has 114 valence electrons. The molecule has 1 fully saturated rings. The lowest BCUT2D eigenvalue weighted by Gasteiger charge is -2.22. The number of hydrogen-bond acceptors (Lipinski definition) is 2. The average Bonchev–Trinajstić information content (AvgIpc) is 2.82. The van der Waals surface area contributed by atoms with Gasteiger partial charge < -0.3 is 10.6 Å². The molecule has 0 atom stereocenters. The first kappa shape index (κ1) is 14.4. The summed E-state index contributed by atoms with van der Waals surface area (Å²) in [5.41, 5.74) is 3.88. The van der Waals surface area contributed by atoms with Gasteiger partial charge in [-0.1, -0.05) is 43.9 Å². The second-order valence-corrected chi connectivity index (χ2v) is 6.39. The first-order chi connectivity index (χ1) is 10.3. The van der Waals surface area contributed by atoms with Crippen LogP contribution < -0.4 is 10.6 Å². The fraction of sp³-hybridized carbons (Fsp3) is 0.611. The largest absolute Gasteiger partial charge is 0.385 e. The second kappa shape index (κ2) is 6.97. The first-order valence-electron chi connectivity index (χ1n) is 8.47. The predicted molar refractivity (Wildman–Crippen MR) is 86.3 cm³/mol. The highest BCUT2D eigenvalue weighted by molar-refractivity contribution is 5.79. The molecule has 1 aliphatic heterocycles. The molecule has 2 N–H and O–H groups in total. The summed E-state index contributed by atoms with van der Waals surface area (Å²) in [5.74, 6) is 0.491. The van der Waals surface area contributed by atoms with Crippen molar-refractivity contribution in [3.63, 3.8) is 0 Å². The number of amides is 1. The monoisotopic (exact) mass is 286 g/mol. The highest BCUT2D eigenvalue weighted by Crippen LogP contribution is 2.26. The van der Waals surface area contributed by atoms with Crippen LogP contribution in [0.15, 0.2) is 18.2 Å². The van der Waals surface area contributed by atoms with E-state index in [2.05, 4.69) is 28.8 Å². The zero-order valence-electron chi connectivity index (χ0n) is 12.8. The van der Waals surface area contributed by atoms with Gasteiger partial charge in [0.1, 0.15) is 0 Å². The molecule has 3 nitrogen and oxygen atoms in total. The van der Waals surface area contributed by atoms with Gasteiger partial charge in [0.25, 0.3) is 0 Å².